The Balaban J connectivity index is 2.13. The monoisotopic (exact) mass is 331 g/mol. The van der Waals surface area contributed by atoms with Gasteiger partial charge in [-0.2, -0.15) is 4.31 Å². The van der Waals surface area contributed by atoms with E-state index in [2.05, 4.69) is 18.7 Å². The Kier molecular flexibility index (Phi) is 5.14. The molecule has 2 N–H and O–H groups in total. The summed E-state index contributed by atoms with van der Waals surface area (Å²) < 4.78 is 26.8. The van der Waals surface area contributed by atoms with Crippen LogP contribution in [0.5, 0.6) is 0 Å². The van der Waals surface area contributed by atoms with E-state index in [0.29, 0.717) is 24.7 Å². The maximum absolute atomic E-state index is 12.7. The summed E-state index contributed by atoms with van der Waals surface area (Å²) in [7, 11) is -3.57. The van der Waals surface area contributed by atoms with Gasteiger partial charge in [0.15, 0.2) is 0 Å². The zero-order valence-corrected chi connectivity index (χ0v) is 14.0. The van der Waals surface area contributed by atoms with Crippen molar-refractivity contribution in [1.82, 2.24) is 9.21 Å². The van der Waals surface area contributed by atoms with Gasteiger partial charge < -0.3 is 10.6 Å². The summed E-state index contributed by atoms with van der Waals surface area (Å²) in [5, 5.41) is 0.216. The molecule has 1 heterocycles. The molecule has 1 aromatic carbocycles. The highest BCUT2D eigenvalue weighted by Gasteiger charge is 2.30. The summed E-state index contributed by atoms with van der Waals surface area (Å²) in [4.78, 5) is 2.39. The van der Waals surface area contributed by atoms with Gasteiger partial charge in [0.1, 0.15) is 4.90 Å². The van der Waals surface area contributed by atoms with E-state index < -0.39 is 10.0 Å². The Morgan fingerprint density at radius 2 is 1.86 bits per heavy atom. The van der Waals surface area contributed by atoms with Gasteiger partial charge in [0.2, 0.25) is 10.0 Å². The maximum atomic E-state index is 12.7. The highest BCUT2D eigenvalue weighted by Crippen LogP contribution is 2.27. The third kappa shape index (κ3) is 3.88. The summed E-state index contributed by atoms with van der Waals surface area (Å²) in [6.07, 6.45) is 0. The largest absolute Gasteiger partial charge is 0.399 e. The van der Waals surface area contributed by atoms with Gasteiger partial charge >= 0.3 is 0 Å². The second-order valence-corrected chi connectivity index (χ2v) is 8.10. The molecule has 1 aliphatic heterocycles. The van der Waals surface area contributed by atoms with Crippen molar-refractivity contribution < 1.29 is 8.42 Å². The van der Waals surface area contributed by atoms with Gasteiger partial charge in [0.25, 0.3) is 0 Å². The van der Waals surface area contributed by atoms with Crippen molar-refractivity contribution in [2.45, 2.75) is 18.7 Å². The first-order valence-corrected chi connectivity index (χ1v) is 8.90. The second kappa shape index (κ2) is 6.52. The second-order valence-electron chi connectivity index (χ2n) is 5.79. The molecule has 1 aliphatic rings. The Labute approximate surface area is 131 Å². The van der Waals surface area contributed by atoms with Crippen LogP contribution in [0.15, 0.2) is 23.1 Å². The Bertz CT molecular complexity index is 596. The number of nitrogens with zero attached hydrogens (tertiary/aromatic N) is 2. The predicted octanol–water partition coefficient (Wildman–Crippen LogP) is 1.88. The van der Waals surface area contributed by atoms with Crippen LogP contribution in [0.4, 0.5) is 5.69 Å². The first-order chi connectivity index (χ1) is 9.80. The molecule has 0 amide bonds. The van der Waals surface area contributed by atoms with E-state index in [4.69, 9.17) is 17.3 Å². The molecule has 0 atom stereocenters. The van der Waals surface area contributed by atoms with Crippen LogP contribution in [0, 0.1) is 5.92 Å². The van der Waals surface area contributed by atoms with E-state index in [1.807, 2.05) is 0 Å². The zero-order valence-electron chi connectivity index (χ0n) is 12.4. The summed E-state index contributed by atoms with van der Waals surface area (Å²) in [6, 6.07) is 4.55. The number of nitrogen functional groups attached to an aromatic ring is 1. The molecule has 0 saturated carbocycles. The number of anilines is 1. The van der Waals surface area contributed by atoms with Crippen LogP contribution < -0.4 is 5.73 Å². The van der Waals surface area contributed by atoms with Crippen molar-refractivity contribution in [3.8, 4) is 0 Å². The SMILES string of the molecule is CC(C)CN1CCN(S(=O)(=O)c2cc(N)ccc2Cl)CC1. The molecule has 5 nitrogen and oxygen atoms in total. The smallest absolute Gasteiger partial charge is 0.244 e. The van der Waals surface area contributed by atoms with E-state index in [-0.39, 0.29) is 9.92 Å². The van der Waals surface area contributed by atoms with Crippen molar-refractivity contribution >= 4 is 27.3 Å². The van der Waals surface area contributed by atoms with Gasteiger partial charge in [-0.05, 0) is 24.1 Å². The number of nitrogens with two attached hydrogens (primary N) is 1. The van der Waals surface area contributed by atoms with Crippen LogP contribution in [-0.2, 0) is 10.0 Å². The Hall–Kier alpha value is -0.820. The van der Waals surface area contributed by atoms with Crippen molar-refractivity contribution in [3.05, 3.63) is 23.2 Å². The van der Waals surface area contributed by atoms with Crippen molar-refractivity contribution in [1.29, 1.82) is 0 Å². The fourth-order valence-electron chi connectivity index (χ4n) is 2.53. The highest BCUT2D eigenvalue weighted by atomic mass is 35.5. The number of hydrogen-bond donors (Lipinski definition) is 1. The average Bonchev–Trinajstić information content (AvgIpc) is 2.41. The van der Waals surface area contributed by atoms with Crippen molar-refractivity contribution in [2.75, 3.05) is 38.5 Å². The molecule has 0 radical (unpaired) electrons. The van der Waals surface area contributed by atoms with Gasteiger partial charge in [0.05, 0.1) is 5.02 Å². The number of benzene rings is 1. The van der Waals surface area contributed by atoms with Crippen LogP contribution >= 0.6 is 11.6 Å². The number of piperazine rings is 1. The van der Waals surface area contributed by atoms with Crippen LogP contribution in [0.25, 0.3) is 0 Å². The number of halogens is 1. The number of rotatable bonds is 4. The molecule has 118 valence electrons. The molecule has 21 heavy (non-hydrogen) atoms. The molecule has 0 unspecified atom stereocenters. The molecule has 0 spiro atoms. The highest BCUT2D eigenvalue weighted by molar-refractivity contribution is 7.89. The fourth-order valence-corrected chi connectivity index (χ4v) is 4.46. The molecule has 0 aromatic heterocycles. The lowest BCUT2D eigenvalue weighted by atomic mass is 10.2. The summed E-state index contributed by atoms with van der Waals surface area (Å²) in [6.45, 7) is 7.78. The molecule has 0 bridgehead atoms. The van der Waals surface area contributed by atoms with Gasteiger partial charge in [0, 0.05) is 38.4 Å². The zero-order chi connectivity index (χ0) is 15.6. The van der Waals surface area contributed by atoms with Crippen LogP contribution in [0.1, 0.15) is 13.8 Å². The minimum Gasteiger partial charge on any atom is -0.399 e. The molecular formula is C14H22ClN3O2S. The summed E-state index contributed by atoms with van der Waals surface area (Å²) >= 11 is 6.03. The standard InChI is InChI=1S/C14H22ClN3O2S/c1-11(2)10-17-5-7-18(8-6-17)21(19,20)14-9-12(16)3-4-13(14)15/h3-4,9,11H,5-8,10,16H2,1-2H3. The molecule has 1 fully saturated rings. The van der Waals surface area contributed by atoms with Crippen LogP contribution in [-0.4, -0.2) is 50.3 Å². The van der Waals surface area contributed by atoms with Crippen molar-refractivity contribution in [2.24, 2.45) is 5.92 Å². The summed E-state index contributed by atoms with van der Waals surface area (Å²) in [5.41, 5.74) is 6.08. The lowest BCUT2D eigenvalue weighted by molar-refractivity contribution is 0.172. The van der Waals surface area contributed by atoms with E-state index in [0.717, 1.165) is 19.6 Å². The quantitative estimate of drug-likeness (QED) is 0.855. The Morgan fingerprint density at radius 1 is 1.24 bits per heavy atom. The van der Waals surface area contributed by atoms with E-state index >= 15 is 0 Å². The minimum atomic E-state index is -3.57. The van der Waals surface area contributed by atoms with Crippen LogP contribution in [0.3, 0.4) is 0 Å². The van der Waals surface area contributed by atoms with E-state index in [1.165, 1.54) is 16.4 Å². The third-order valence-electron chi connectivity index (χ3n) is 3.53. The van der Waals surface area contributed by atoms with E-state index in [9.17, 15) is 8.42 Å². The molecule has 7 heteroatoms. The predicted molar refractivity (Wildman–Crippen MR) is 85.9 cm³/mol. The average molecular weight is 332 g/mol. The first-order valence-electron chi connectivity index (χ1n) is 7.08. The number of sulfonamides is 1. The lowest BCUT2D eigenvalue weighted by Crippen LogP contribution is -2.49. The van der Waals surface area contributed by atoms with Crippen molar-refractivity contribution in [3.63, 3.8) is 0 Å². The normalized spacial score (nSPS) is 18.3. The molecule has 2 rings (SSSR count). The fraction of sp³-hybridized carbons (Fsp3) is 0.571. The molecule has 0 aliphatic carbocycles. The van der Waals surface area contributed by atoms with Crippen LogP contribution in [0.2, 0.25) is 5.02 Å². The lowest BCUT2D eigenvalue weighted by Gasteiger charge is -2.34. The summed E-state index contributed by atoms with van der Waals surface area (Å²) in [5.74, 6) is 0.580. The molecule has 1 saturated heterocycles. The third-order valence-corrected chi connectivity index (χ3v) is 5.91. The van der Waals surface area contributed by atoms with E-state index in [1.54, 1.807) is 6.07 Å². The number of hydrogen-bond acceptors (Lipinski definition) is 4. The van der Waals surface area contributed by atoms with Gasteiger partial charge in [-0.1, -0.05) is 25.4 Å². The molecular weight excluding hydrogens is 310 g/mol. The minimum absolute atomic E-state index is 0.0986. The van der Waals surface area contributed by atoms with Gasteiger partial charge in [-0.25, -0.2) is 8.42 Å². The van der Waals surface area contributed by atoms with Gasteiger partial charge in [-0.3, -0.25) is 0 Å². The van der Waals surface area contributed by atoms with Gasteiger partial charge in [-0.15, -0.1) is 0 Å². The topological polar surface area (TPSA) is 66.6 Å². The Morgan fingerprint density at radius 3 is 2.43 bits per heavy atom. The molecule has 1 aromatic rings. The first kappa shape index (κ1) is 16.5. The maximum Gasteiger partial charge on any atom is 0.244 e.